The third kappa shape index (κ3) is 3.39. The van der Waals surface area contributed by atoms with E-state index in [1.54, 1.807) is 12.3 Å². The lowest BCUT2D eigenvalue weighted by Gasteiger charge is -2.06. The summed E-state index contributed by atoms with van der Waals surface area (Å²) in [7, 11) is 0. The minimum Gasteiger partial charge on any atom is -0.361 e. The molecule has 0 unspecified atom stereocenters. The average molecular weight is 372 g/mol. The highest BCUT2D eigenvalue weighted by Crippen LogP contribution is 2.29. The number of aromatic nitrogens is 3. The number of hydrogen-bond donors (Lipinski definition) is 2. The van der Waals surface area contributed by atoms with Crippen molar-refractivity contribution in [3.8, 4) is 11.4 Å². The zero-order valence-corrected chi connectivity index (χ0v) is 13.5. The number of fused-ring (bicyclic) bond motifs is 1. The lowest BCUT2D eigenvalue weighted by Crippen LogP contribution is -2.11. The van der Waals surface area contributed by atoms with Crippen LogP contribution in [-0.4, -0.2) is 21.0 Å². The molecule has 0 saturated heterocycles. The van der Waals surface area contributed by atoms with Crippen molar-refractivity contribution in [2.75, 3.05) is 5.32 Å². The van der Waals surface area contributed by atoms with Crippen molar-refractivity contribution in [2.45, 2.75) is 6.18 Å². The van der Waals surface area contributed by atoms with E-state index in [1.807, 2.05) is 18.2 Å². The van der Waals surface area contributed by atoms with Gasteiger partial charge in [0, 0.05) is 33.9 Å². The van der Waals surface area contributed by atoms with Gasteiger partial charge >= 0.3 is 12.1 Å². The first kappa shape index (κ1) is 16.8. The number of halogens is 3. The van der Waals surface area contributed by atoms with Crippen LogP contribution in [0, 0.1) is 0 Å². The summed E-state index contributed by atoms with van der Waals surface area (Å²) in [6, 6.07) is 13.2. The standard InChI is InChI=1S/C18H11F3N4O2/c19-18(20,21)17-24-15(25-27-17)10-1-3-11(4-2-10)16(26)23-13-5-6-14-12(9-13)7-8-22-14/h1-9,22H,(H,23,26). The Balaban J connectivity index is 1.51. The molecule has 9 heteroatoms. The maximum atomic E-state index is 12.5. The summed E-state index contributed by atoms with van der Waals surface area (Å²) < 4.78 is 41.8. The maximum Gasteiger partial charge on any atom is 0.471 e. The van der Waals surface area contributed by atoms with Crippen molar-refractivity contribution in [3.63, 3.8) is 0 Å². The van der Waals surface area contributed by atoms with Crippen LogP contribution in [-0.2, 0) is 6.18 Å². The van der Waals surface area contributed by atoms with Crippen LogP contribution in [0.2, 0.25) is 0 Å². The van der Waals surface area contributed by atoms with E-state index in [0.717, 1.165) is 10.9 Å². The van der Waals surface area contributed by atoms with E-state index in [-0.39, 0.29) is 11.7 Å². The van der Waals surface area contributed by atoms with Crippen LogP contribution < -0.4 is 5.32 Å². The number of alkyl halides is 3. The summed E-state index contributed by atoms with van der Waals surface area (Å²) in [4.78, 5) is 18.7. The molecular formula is C18H11F3N4O2. The number of aromatic amines is 1. The Morgan fingerprint density at radius 1 is 1.07 bits per heavy atom. The smallest absolute Gasteiger partial charge is 0.361 e. The van der Waals surface area contributed by atoms with Gasteiger partial charge in [-0.3, -0.25) is 4.79 Å². The van der Waals surface area contributed by atoms with Crippen molar-refractivity contribution in [3.05, 3.63) is 66.2 Å². The molecule has 6 nitrogen and oxygen atoms in total. The minimum atomic E-state index is -4.70. The fraction of sp³-hybridized carbons (Fsp3) is 0.0556. The molecule has 0 aliphatic heterocycles. The highest BCUT2D eigenvalue weighted by Gasteiger charge is 2.38. The van der Waals surface area contributed by atoms with E-state index in [1.165, 1.54) is 24.3 Å². The van der Waals surface area contributed by atoms with Crippen molar-refractivity contribution in [2.24, 2.45) is 0 Å². The molecule has 2 N–H and O–H groups in total. The highest BCUT2D eigenvalue weighted by molar-refractivity contribution is 6.05. The first-order chi connectivity index (χ1) is 12.9. The first-order valence-corrected chi connectivity index (χ1v) is 7.80. The number of nitrogens with one attached hydrogen (secondary N) is 2. The Morgan fingerprint density at radius 2 is 1.85 bits per heavy atom. The van der Waals surface area contributed by atoms with Crippen LogP contribution in [0.4, 0.5) is 18.9 Å². The normalized spacial score (nSPS) is 11.7. The maximum absolute atomic E-state index is 12.5. The highest BCUT2D eigenvalue weighted by atomic mass is 19.4. The summed E-state index contributed by atoms with van der Waals surface area (Å²) in [6.07, 6.45) is -2.90. The van der Waals surface area contributed by atoms with Gasteiger partial charge in [0.05, 0.1) is 0 Å². The van der Waals surface area contributed by atoms with Crippen LogP contribution >= 0.6 is 0 Å². The molecule has 0 spiro atoms. The number of nitrogens with zero attached hydrogens (tertiary/aromatic N) is 2. The van der Waals surface area contributed by atoms with Gasteiger partial charge in [-0.15, -0.1) is 0 Å². The second-order valence-corrected chi connectivity index (χ2v) is 5.73. The molecule has 4 aromatic rings. The molecule has 0 aliphatic carbocycles. The Hall–Kier alpha value is -3.62. The van der Waals surface area contributed by atoms with Crippen molar-refractivity contribution in [1.29, 1.82) is 0 Å². The largest absolute Gasteiger partial charge is 0.471 e. The summed E-state index contributed by atoms with van der Waals surface area (Å²) in [5.41, 5.74) is 2.23. The number of rotatable bonds is 3. The predicted molar refractivity (Wildman–Crippen MR) is 91.0 cm³/mol. The number of hydrogen-bond acceptors (Lipinski definition) is 4. The van der Waals surface area contributed by atoms with E-state index in [9.17, 15) is 18.0 Å². The SMILES string of the molecule is O=C(Nc1ccc2[nH]ccc2c1)c1ccc(-c2noc(C(F)(F)F)n2)cc1. The molecule has 2 aromatic carbocycles. The molecule has 136 valence electrons. The van der Waals surface area contributed by atoms with E-state index >= 15 is 0 Å². The Labute approximate surface area is 150 Å². The van der Waals surface area contributed by atoms with Gasteiger partial charge in [-0.2, -0.15) is 18.2 Å². The minimum absolute atomic E-state index is 0.202. The number of carbonyl (C=O) groups excluding carboxylic acids is 1. The molecule has 1 amide bonds. The molecule has 0 aliphatic rings. The van der Waals surface area contributed by atoms with Crippen molar-refractivity contribution < 1.29 is 22.5 Å². The number of H-pyrrole nitrogens is 1. The van der Waals surface area contributed by atoms with E-state index in [4.69, 9.17) is 0 Å². The summed E-state index contributed by atoms with van der Waals surface area (Å²) >= 11 is 0. The molecule has 0 bridgehead atoms. The summed E-state index contributed by atoms with van der Waals surface area (Å²) in [5.74, 6) is -1.97. The molecule has 2 aromatic heterocycles. The third-order valence-corrected chi connectivity index (χ3v) is 3.88. The molecule has 0 fully saturated rings. The summed E-state index contributed by atoms with van der Waals surface area (Å²) in [5, 5.41) is 7.04. The van der Waals surface area contributed by atoms with Gasteiger partial charge in [-0.05, 0) is 36.4 Å². The van der Waals surface area contributed by atoms with E-state index in [2.05, 4.69) is 25.0 Å². The Bertz CT molecular complexity index is 1110. The molecule has 0 radical (unpaired) electrons. The average Bonchev–Trinajstić information content (AvgIpc) is 3.30. The monoisotopic (exact) mass is 372 g/mol. The lowest BCUT2D eigenvalue weighted by molar-refractivity contribution is -0.159. The quantitative estimate of drug-likeness (QED) is 0.555. The van der Waals surface area contributed by atoms with Crippen LogP contribution in [0.15, 0.2) is 59.3 Å². The van der Waals surface area contributed by atoms with Gasteiger partial charge < -0.3 is 14.8 Å². The zero-order chi connectivity index (χ0) is 19.0. The molecule has 0 saturated carbocycles. The summed E-state index contributed by atoms with van der Waals surface area (Å²) in [6.45, 7) is 0. The first-order valence-electron chi connectivity index (χ1n) is 7.80. The van der Waals surface area contributed by atoms with Crippen molar-refractivity contribution in [1.82, 2.24) is 15.1 Å². The number of amides is 1. The fourth-order valence-corrected chi connectivity index (χ4v) is 2.56. The lowest BCUT2D eigenvalue weighted by atomic mass is 10.1. The second-order valence-electron chi connectivity index (χ2n) is 5.73. The van der Waals surface area contributed by atoms with Crippen LogP contribution in [0.5, 0.6) is 0 Å². The molecular weight excluding hydrogens is 361 g/mol. The van der Waals surface area contributed by atoms with Gasteiger partial charge in [-0.25, -0.2) is 0 Å². The van der Waals surface area contributed by atoms with Gasteiger partial charge in [0.1, 0.15) is 0 Å². The second kappa shape index (κ2) is 6.27. The van der Waals surface area contributed by atoms with E-state index < -0.39 is 12.1 Å². The number of anilines is 1. The number of carbonyl (C=O) groups is 1. The van der Waals surface area contributed by atoms with Gasteiger partial charge in [-0.1, -0.05) is 17.3 Å². The van der Waals surface area contributed by atoms with Crippen LogP contribution in [0.3, 0.4) is 0 Å². The van der Waals surface area contributed by atoms with Gasteiger partial charge in [0.2, 0.25) is 5.82 Å². The Morgan fingerprint density at radius 3 is 2.56 bits per heavy atom. The number of benzene rings is 2. The van der Waals surface area contributed by atoms with Gasteiger partial charge in [0.15, 0.2) is 0 Å². The molecule has 0 atom stereocenters. The zero-order valence-electron chi connectivity index (χ0n) is 13.5. The van der Waals surface area contributed by atoms with Crippen LogP contribution in [0.1, 0.15) is 16.2 Å². The van der Waals surface area contributed by atoms with E-state index in [0.29, 0.717) is 16.8 Å². The fourth-order valence-electron chi connectivity index (χ4n) is 2.56. The third-order valence-electron chi connectivity index (χ3n) is 3.88. The molecule has 27 heavy (non-hydrogen) atoms. The Kier molecular flexibility index (Phi) is 3.91. The molecule has 2 heterocycles. The topological polar surface area (TPSA) is 83.8 Å². The van der Waals surface area contributed by atoms with Gasteiger partial charge in [0.25, 0.3) is 5.91 Å². The predicted octanol–water partition coefficient (Wildman–Crippen LogP) is 4.49. The van der Waals surface area contributed by atoms with Crippen molar-refractivity contribution >= 4 is 22.5 Å². The molecule has 4 rings (SSSR count). The van der Waals surface area contributed by atoms with Crippen LogP contribution in [0.25, 0.3) is 22.3 Å².